The predicted molar refractivity (Wildman–Crippen MR) is 117 cm³/mol. The second-order valence-corrected chi connectivity index (χ2v) is 8.21. The smallest absolute Gasteiger partial charge is 0.0998 e. The zero-order valence-corrected chi connectivity index (χ0v) is 17.1. The molecule has 2 aromatic heterocycles. The van der Waals surface area contributed by atoms with E-state index in [1.807, 2.05) is 54.9 Å². The molecule has 0 unspecified atom stereocenters. The van der Waals surface area contributed by atoms with Crippen LogP contribution in [0.2, 0.25) is 0 Å². The Balaban J connectivity index is 1.65. The highest BCUT2D eigenvalue weighted by Crippen LogP contribution is 2.44. The summed E-state index contributed by atoms with van der Waals surface area (Å²) < 4.78 is 0. The Hall–Kier alpha value is -3.25. The van der Waals surface area contributed by atoms with Gasteiger partial charge in [-0.15, -0.1) is 0 Å². The number of hydrogen-bond acceptors (Lipinski definition) is 3. The fourth-order valence-corrected chi connectivity index (χ4v) is 4.40. The normalized spacial score (nSPS) is 23.5. The molecule has 3 heteroatoms. The van der Waals surface area contributed by atoms with Gasteiger partial charge in [-0.1, -0.05) is 57.2 Å². The van der Waals surface area contributed by atoms with Crippen molar-refractivity contribution in [3.63, 3.8) is 0 Å². The zero-order valence-electron chi connectivity index (χ0n) is 17.1. The molecule has 0 saturated heterocycles. The summed E-state index contributed by atoms with van der Waals surface area (Å²) in [4.78, 5) is 9.27. The van der Waals surface area contributed by atoms with Crippen molar-refractivity contribution in [1.82, 2.24) is 9.97 Å². The average Bonchev–Trinajstić information content (AvgIpc) is 2.77. The fourth-order valence-electron chi connectivity index (χ4n) is 4.40. The van der Waals surface area contributed by atoms with Gasteiger partial charge in [-0.25, -0.2) is 0 Å². The highest BCUT2D eigenvalue weighted by Gasteiger charge is 2.40. The number of benzene rings is 1. The Bertz CT molecular complexity index is 1090. The zero-order chi connectivity index (χ0) is 20.4. The lowest BCUT2D eigenvalue weighted by molar-refractivity contribution is 0.249. The van der Waals surface area contributed by atoms with Crippen molar-refractivity contribution in [2.24, 2.45) is 11.8 Å². The SMILES string of the molecule is C[C@@H]1[C@@H](C)Cc2ncccc2[C@@]1(C)/C=C/c1ccc(-c2ccccc2C#N)cn1. The lowest BCUT2D eigenvalue weighted by Gasteiger charge is -2.42. The molecule has 1 aromatic carbocycles. The molecule has 0 saturated carbocycles. The lowest BCUT2D eigenvalue weighted by Crippen LogP contribution is -2.38. The van der Waals surface area contributed by atoms with Crippen LogP contribution in [0, 0.1) is 23.2 Å². The highest BCUT2D eigenvalue weighted by atomic mass is 14.7. The van der Waals surface area contributed by atoms with Gasteiger partial charge >= 0.3 is 0 Å². The molecular formula is C26H25N3. The Kier molecular flexibility index (Phi) is 5.03. The molecule has 0 fully saturated rings. The minimum absolute atomic E-state index is 0.0744. The van der Waals surface area contributed by atoms with Gasteiger partial charge in [-0.05, 0) is 48.1 Å². The monoisotopic (exact) mass is 379 g/mol. The predicted octanol–water partition coefficient (Wildman–Crippen LogP) is 5.81. The van der Waals surface area contributed by atoms with Crippen molar-refractivity contribution in [3.05, 3.63) is 89.5 Å². The van der Waals surface area contributed by atoms with Crippen LogP contribution in [0.15, 0.2) is 67.0 Å². The van der Waals surface area contributed by atoms with Crippen molar-refractivity contribution in [1.29, 1.82) is 5.26 Å². The molecule has 0 aliphatic heterocycles. The van der Waals surface area contributed by atoms with E-state index >= 15 is 0 Å². The van der Waals surface area contributed by atoms with E-state index in [1.54, 1.807) is 0 Å². The van der Waals surface area contributed by atoms with Gasteiger partial charge in [0.1, 0.15) is 0 Å². The summed E-state index contributed by atoms with van der Waals surface area (Å²) in [6.07, 6.45) is 9.18. The minimum Gasteiger partial charge on any atom is -0.261 e. The van der Waals surface area contributed by atoms with Crippen LogP contribution in [0.5, 0.6) is 0 Å². The molecule has 3 nitrogen and oxygen atoms in total. The molecular weight excluding hydrogens is 354 g/mol. The Morgan fingerprint density at radius 2 is 1.90 bits per heavy atom. The van der Waals surface area contributed by atoms with E-state index in [0.29, 0.717) is 17.4 Å². The molecule has 2 heterocycles. The molecule has 0 bridgehead atoms. The van der Waals surface area contributed by atoms with Gasteiger partial charge in [0, 0.05) is 34.6 Å². The van der Waals surface area contributed by atoms with Crippen molar-refractivity contribution < 1.29 is 0 Å². The number of rotatable bonds is 3. The third-order valence-electron chi connectivity index (χ3n) is 6.53. The Labute approximate surface area is 172 Å². The summed E-state index contributed by atoms with van der Waals surface area (Å²) in [7, 11) is 0. The molecule has 0 amide bonds. The summed E-state index contributed by atoms with van der Waals surface area (Å²) in [5.74, 6) is 1.09. The van der Waals surface area contributed by atoms with Crippen LogP contribution >= 0.6 is 0 Å². The molecule has 0 N–H and O–H groups in total. The summed E-state index contributed by atoms with van der Waals surface area (Å²) >= 11 is 0. The first-order valence-electron chi connectivity index (χ1n) is 10.1. The first-order valence-corrected chi connectivity index (χ1v) is 10.1. The number of fused-ring (bicyclic) bond motifs is 1. The highest BCUT2D eigenvalue weighted by molar-refractivity contribution is 5.70. The van der Waals surface area contributed by atoms with Crippen molar-refractivity contribution >= 4 is 6.08 Å². The van der Waals surface area contributed by atoms with Crippen LogP contribution in [-0.4, -0.2) is 9.97 Å². The fraction of sp³-hybridized carbons (Fsp3) is 0.269. The molecule has 29 heavy (non-hydrogen) atoms. The molecule has 0 radical (unpaired) electrons. The number of aromatic nitrogens is 2. The first kappa shape index (κ1) is 19.1. The molecule has 144 valence electrons. The van der Waals surface area contributed by atoms with Gasteiger partial charge in [0.15, 0.2) is 0 Å². The average molecular weight is 380 g/mol. The maximum absolute atomic E-state index is 9.33. The molecule has 4 rings (SSSR count). The molecule has 1 aliphatic carbocycles. The number of hydrogen-bond donors (Lipinski definition) is 0. The van der Waals surface area contributed by atoms with Crippen LogP contribution in [0.1, 0.15) is 43.3 Å². The van der Waals surface area contributed by atoms with Crippen LogP contribution in [0.4, 0.5) is 0 Å². The van der Waals surface area contributed by atoms with Crippen molar-refractivity contribution in [3.8, 4) is 17.2 Å². The summed E-state index contributed by atoms with van der Waals surface area (Å²) in [5, 5.41) is 9.33. The number of pyridine rings is 2. The second kappa shape index (κ2) is 7.64. The third kappa shape index (κ3) is 3.47. The van der Waals surface area contributed by atoms with Crippen LogP contribution in [-0.2, 0) is 11.8 Å². The van der Waals surface area contributed by atoms with E-state index in [-0.39, 0.29) is 5.41 Å². The topological polar surface area (TPSA) is 49.6 Å². The molecule has 3 aromatic rings. The Morgan fingerprint density at radius 3 is 2.66 bits per heavy atom. The summed E-state index contributed by atoms with van der Waals surface area (Å²) in [6, 6.07) is 18.2. The third-order valence-corrected chi connectivity index (χ3v) is 6.53. The number of nitriles is 1. The minimum atomic E-state index is -0.0744. The van der Waals surface area contributed by atoms with Crippen molar-refractivity contribution in [2.45, 2.75) is 32.6 Å². The van der Waals surface area contributed by atoms with Gasteiger partial charge in [-0.3, -0.25) is 9.97 Å². The van der Waals surface area contributed by atoms with Crippen molar-refractivity contribution in [2.75, 3.05) is 0 Å². The summed E-state index contributed by atoms with van der Waals surface area (Å²) in [6.45, 7) is 6.95. The van der Waals surface area contributed by atoms with E-state index in [2.05, 4.69) is 55.0 Å². The molecule has 0 spiro atoms. The summed E-state index contributed by atoms with van der Waals surface area (Å²) in [5.41, 5.74) is 5.91. The largest absolute Gasteiger partial charge is 0.261 e. The van der Waals surface area contributed by atoms with Crippen LogP contribution in [0.3, 0.4) is 0 Å². The standard InChI is InChI=1S/C26H25N3/c1-18-15-25-24(9-6-14-28-25)26(3,19(18)2)13-12-22-11-10-21(17-29-22)23-8-5-4-7-20(23)16-27/h4-14,17-19H,15H2,1-3H3/b13-12+/t18-,19+,26-/m0/s1. The number of nitrogens with zero attached hydrogens (tertiary/aromatic N) is 3. The van der Waals surface area contributed by atoms with Gasteiger partial charge in [0.25, 0.3) is 0 Å². The lowest BCUT2D eigenvalue weighted by atomic mass is 9.62. The van der Waals surface area contributed by atoms with E-state index in [0.717, 1.165) is 23.2 Å². The second-order valence-electron chi connectivity index (χ2n) is 8.21. The molecule has 3 atom stereocenters. The van der Waals surface area contributed by atoms with E-state index in [4.69, 9.17) is 0 Å². The van der Waals surface area contributed by atoms with Gasteiger partial charge in [-0.2, -0.15) is 5.26 Å². The number of allylic oxidation sites excluding steroid dienone is 1. The molecule has 1 aliphatic rings. The quantitative estimate of drug-likeness (QED) is 0.576. The first-order chi connectivity index (χ1) is 14.0. The van der Waals surface area contributed by atoms with Gasteiger partial charge < -0.3 is 0 Å². The van der Waals surface area contributed by atoms with Gasteiger partial charge in [0.2, 0.25) is 0 Å². The Morgan fingerprint density at radius 1 is 1.07 bits per heavy atom. The van der Waals surface area contributed by atoms with Crippen LogP contribution in [0.25, 0.3) is 17.2 Å². The van der Waals surface area contributed by atoms with E-state index < -0.39 is 0 Å². The van der Waals surface area contributed by atoms with E-state index in [9.17, 15) is 5.26 Å². The maximum atomic E-state index is 9.33. The van der Waals surface area contributed by atoms with E-state index in [1.165, 1.54) is 11.3 Å². The maximum Gasteiger partial charge on any atom is 0.0998 e. The van der Waals surface area contributed by atoms with Crippen LogP contribution < -0.4 is 0 Å². The van der Waals surface area contributed by atoms with Gasteiger partial charge in [0.05, 0.1) is 17.3 Å².